The second kappa shape index (κ2) is 9.56. The van der Waals surface area contributed by atoms with Gasteiger partial charge in [0.2, 0.25) is 0 Å². The first kappa shape index (κ1) is 19.4. The fourth-order valence-corrected chi connectivity index (χ4v) is 3.12. The Labute approximate surface area is 166 Å². The van der Waals surface area contributed by atoms with Gasteiger partial charge in [0.25, 0.3) is 0 Å². The lowest BCUT2D eigenvalue weighted by Crippen LogP contribution is -2.30. The van der Waals surface area contributed by atoms with Crippen LogP contribution >= 0.6 is 0 Å². The van der Waals surface area contributed by atoms with E-state index in [1.165, 1.54) is 0 Å². The number of hydrogen-bond acceptors (Lipinski definition) is 2. The fourth-order valence-electron chi connectivity index (χ4n) is 3.12. The Balaban J connectivity index is 2.23. The Morgan fingerprint density at radius 1 is 0.679 bits per heavy atom. The van der Waals surface area contributed by atoms with Crippen molar-refractivity contribution in [2.45, 2.75) is 13.8 Å². The minimum absolute atomic E-state index is 0.340. The standard InChI is InChI=1S/C25H25NO2/c1-3-26(4-2)25(27)28-24(22-18-12-7-13-19-22)23(20-14-8-5-9-15-20)21-16-10-6-11-17-21/h5-19H,3-4H2,1-2H3. The zero-order chi connectivity index (χ0) is 19.8. The summed E-state index contributed by atoms with van der Waals surface area (Å²) in [7, 11) is 0. The van der Waals surface area contributed by atoms with E-state index in [4.69, 9.17) is 4.74 Å². The lowest BCUT2D eigenvalue weighted by atomic mass is 9.94. The summed E-state index contributed by atoms with van der Waals surface area (Å²) in [5, 5.41) is 0. The molecule has 142 valence electrons. The molecule has 0 fully saturated rings. The molecule has 0 radical (unpaired) electrons. The first-order chi connectivity index (χ1) is 13.7. The summed E-state index contributed by atoms with van der Waals surface area (Å²) < 4.78 is 6.02. The molecule has 0 atom stereocenters. The van der Waals surface area contributed by atoms with Crippen molar-refractivity contribution >= 4 is 17.4 Å². The van der Waals surface area contributed by atoms with E-state index < -0.39 is 0 Å². The second-order valence-corrected chi connectivity index (χ2v) is 6.34. The molecule has 0 aliphatic carbocycles. The Hall–Kier alpha value is -3.33. The maximum atomic E-state index is 12.8. The van der Waals surface area contributed by atoms with E-state index in [9.17, 15) is 4.79 Å². The van der Waals surface area contributed by atoms with Gasteiger partial charge in [0.05, 0.1) is 0 Å². The molecule has 0 saturated heterocycles. The highest BCUT2D eigenvalue weighted by Crippen LogP contribution is 2.33. The zero-order valence-electron chi connectivity index (χ0n) is 16.3. The van der Waals surface area contributed by atoms with E-state index in [0.717, 1.165) is 22.3 Å². The highest BCUT2D eigenvalue weighted by Gasteiger charge is 2.20. The van der Waals surface area contributed by atoms with Gasteiger partial charge in [-0.3, -0.25) is 0 Å². The first-order valence-corrected chi connectivity index (χ1v) is 9.61. The zero-order valence-corrected chi connectivity index (χ0v) is 16.3. The van der Waals surface area contributed by atoms with Crippen LogP contribution in [-0.4, -0.2) is 24.1 Å². The molecule has 0 unspecified atom stereocenters. The minimum Gasteiger partial charge on any atom is -0.409 e. The van der Waals surface area contributed by atoms with E-state index in [-0.39, 0.29) is 6.09 Å². The first-order valence-electron chi connectivity index (χ1n) is 9.61. The van der Waals surface area contributed by atoms with E-state index in [1.807, 2.05) is 105 Å². The van der Waals surface area contributed by atoms with Gasteiger partial charge in [-0.15, -0.1) is 0 Å². The molecule has 28 heavy (non-hydrogen) atoms. The lowest BCUT2D eigenvalue weighted by molar-refractivity contribution is 0.148. The number of nitrogens with zero attached hydrogens (tertiary/aromatic N) is 1. The number of hydrogen-bond donors (Lipinski definition) is 0. The van der Waals surface area contributed by atoms with Crippen molar-refractivity contribution in [3.05, 3.63) is 108 Å². The van der Waals surface area contributed by atoms with Gasteiger partial charge in [0, 0.05) is 24.2 Å². The molecular weight excluding hydrogens is 346 g/mol. The summed E-state index contributed by atoms with van der Waals surface area (Å²) in [6, 6.07) is 29.9. The van der Waals surface area contributed by atoms with Crippen LogP contribution in [0.25, 0.3) is 11.3 Å². The van der Waals surface area contributed by atoms with Gasteiger partial charge in [-0.25, -0.2) is 4.79 Å². The van der Waals surface area contributed by atoms with Crippen LogP contribution in [0, 0.1) is 0 Å². The Morgan fingerprint density at radius 2 is 1.07 bits per heavy atom. The predicted molar refractivity (Wildman–Crippen MR) is 115 cm³/mol. The van der Waals surface area contributed by atoms with Crippen LogP contribution in [0.1, 0.15) is 30.5 Å². The average molecular weight is 371 g/mol. The maximum absolute atomic E-state index is 12.8. The lowest BCUT2D eigenvalue weighted by Gasteiger charge is -2.22. The third-order valence-electron chi connectivity index (χ3n) is 4.60. The number of carbonyl (C=O) groups excluding carboxylic acids is 1. The van der Waals surface area contributed by atoms with E-state index >= 15 is 0 Å². The number of carbonyl (C=O) groups is 1. The van der Waals surface area contributed by atoms with Crippen LogP contribution in [-0.2, 0) is 4.74 Å². The molecule has 3 aromatic rings. The molecule has 1 amide bonds. The molecule has 0 saturated carbocycles. The van der Waals surface area contributed by atoms with Crippen molar-refractivity contribution in [2.75, 3.05) is 13.1 Å². The molecule has 3 nitrogen and oxygen atoms in total. The number of rotatable bonds is 6. The molecule has 3 heteroatoms. The van der Waals surface area contributed by atoms with Gasteiger partial charge in [-0.1, -0.05) is 91.0 Å². The SMILES string of the molecule is CCN(CC)C(=O)OC(=C(c1ccccc1)c1ccccc1)c1ccccc1. The smallest absolute Gasteiger partial charge is 0.409 e. The van der Waals surface area contributed by atoms with Gasteiger partial charge in [0.15, 0.2) is 0 Å². The van der Waals surface area contributed by atoms with Gasteiger partial charge in [-0.05, 0) is 25.0 Å². The highest BCUT2D eigenvalue weighted by molar-refractivity contribution is 5.98. The Kier molecular flexibility index (Phi) is 6.64. The van der Waals surface area contributed by atoms with Crippen molar-refractivity contribution in [3.8, 4) is 0 Å². The van der Waals surface area contributed by atoms with Crippen molar-refractivity contribution in [2.24, 2.45) is 0 Å². The van der Waals surface area contributed by atoms with E-state index in [2.05, 4.69) is 0 Å². The van der Waals surface area contributed by atoms with E-state index in [0.29, 0.717) is 18.8 Å². The van der Waals surface area contributed by atoms with Crippen LogP contribution in [0.15, 0.2) is 91.0 Å². The molecule has 0 aliphatic heterocycles. The molecule has 3 rings (SSSR count). The van der Waals surface area contributed by atoms with Crippen molar-refractivity contribution in [1.29, 1.82) is 0 Å². The Bertz CT molecular complexity index is 873. The van der Waals surface area contributed by atoms with Crippen LogP contribution < -0.4 is 0 Å². The third-order valence-corrected chi connectivity index (χ3v) is 4.60. The van der Waals surface area contributed by atoms with Crippen molar-refractivity contribution in [1.82, 2.24) is 4.90 Å². The predicted octanol–water partition coefficient (Wildman–Crippen LogP) is 6.08. The fraction of sp³-hybridized carbons (Fsp3) is 0.160. The summed E-state index contributed by atoms with van der Waals surface area (Å²) in [4.78, 5) is 14.5. The van der Waals surface area contributed by atoms with E-state index in [1.54, 1.807) is 4.90 Å². The van der Waals surface area contributed by atoms with Gasteiger partial charge < -0.3 is 9.64 Å². The number of ether oxygens (including phenoxy) is 1. The van der Waals surface area contributed by atoms with Crippen LogP contribution in [0.4, 0.5) is 4.79 Å². The van der Waals surface area contributed by atoms with Gasteiger partial charge in [0.1, 0.15) is 5.76 Å². The molecule has 0 N–H and O–H groups in total. The van der Waals surface area contributed by atoms with Gasteiger partial charge >= 0.3 is 6.09 Å². The highest BCUT2D eigenvalue weighted by atomic mass is 16.6. The third kappa shape index (κ3) is 4.49. The molecule has 0 aliphatic rings. The summed E-state index contributed by atoms with van der Waals surface area (Å²) in [5.74, 6) is 0.565. The molecule has 0 aromatic heterocycles. The molecule has 3 aromatic carbocycles. The largest absolute Gasteiger partial charge is 0.415 e. The number of amides is 1. The van der Waals surface area contributed by atoms with Gasteiger partial charge in [-0.2, -0.15) is 0 Å². The quantitative estimate of drug-likeness (QED) is 0.388. The van der Waals surface area contributed by atoms with Crippen molar-refractivity contribution < 1.29 is 9.53 Å². The molecule has 0 spiro atoms. The normalized spacial score (nSPS) is 10.2. The van der Waals surface area contributed by atoms with Crippen LogP contribution in [0.5, 0.6) is 0 Å². The minimum atomic E-state index is -0.340. The second-order valence-electron chi connectivity index (χ2n) is 6.34. The maximum Gasteiger partial charge on any atom is 0.415 e. The van der Waals surface area contributed by atoms with Crippen LogP contribution in [0.3, 0.4) is 0 Å². The average Bonchev–Trinajstić information content (AvgIpc) is 2.76. The summed E-state index contributed by atoms with van der Waals surface area (Å²) in [6.45, 7) is 5.10. The monoisotopic (exact) mass is 371 g/mol. The Morgan fingerprint density at radius 3 is 1.46 bits per heavy atom. The van der Waals surface area contributed by atoms with Crippen molar-refractivity contribution in [3.63, 3.8) is 0 Å². The summed E-state index contributed by atoms with van der Waals surface area (Å²) in [6.07, 6.45) is -0.340. The molecular formula is C25H25NO2. The molecule has 0 heterocycles. The molecule has 0 bridgehead atoms. The topological polar surface area (TPSA) is 29.5 Å². The number of benzene rings is 3. The van der Waals surface area contributed by atoms with Crippen LogP contribution in [0.2, 0.25) is 0 Å². The summed E-state index contributed by atoms with van der Waals surface area (Å²) >= 11 is 0. The summed E-state index contributed by atoms with van der Waals surface area (Å²) in [5.41, 5.74) is 3.76.